The van der Waals surface area contributed by atoms with Crippen molar-refractivity contribution in [2.24, 2.45) is 0 Å². The molecule has 0 amide bonds. The quantitative estimate of drug-likeness (QED) is 0.293. The van der Waals surface area contributed by atoms with Crippen LogP contribution in [0.2, 0.25) is 0 Å². The van der Waals surface area contributed by atoms with Crippen LogP contribution in [-0.4, -0.2) is 36.2 Å². The van der Waals surface area contributed by atoms with Gasteiger partial charge in [-0.2, -0.15) is 15.8 Å². The zero-order valence-corrected chi connectivity index (χ0v) is 21.0. The molecule has 3 aromatic heterocycles. The molecule has 6 rings (SSSR count). The Kier molecular flexibility index (Phi) is 6.22. The SMILES string of the molecule is N#Cc1cn([B-](n2cc(C#N)c(-c3ccccc3)n2)n2ncc(C#N)c2-c2ccccc2)nc1-c1ccccc1. The molecule has 0 bridgehead atoms. The highest BCUT2D eigenvalue weighted by atomic mass is 15.5. The summed E-state index contributed by atoms with van der Waals surface area (Å²) >= 11 is 0. The number of nitriles is 3. The Morgan fingerprint density at radius 3 is 1.40 bits per heavy atom. The molecule has 6 aromatic rings. The molecule has 0 saturated heterocycles. The highest BCUT2D eigenvalue weighted by molar-refractivity contribution is 6.53. The molecule has 0 saturated carbocycles. The van der Waals surface area contributed by atoms with Crippen LogP contribution in [-0.2, 0) is 0 Å². The van der Waals surface area contributed by atoms with E-state index < -0.39 is 7.12 Å². The molecule has 0 spiro atoms. The minimum Gasteiger partial charge on any atom is -0.423 e. The molecule has 0 aliphatic carbocycles. The molecular formula is C30H18BN9-. The number of aromatic nitrogens is 6. The van der Waals surface area contributed by atoms with E-state index in [2.05, 4.69) is 23.3 Å². The first-order valence-electron chi connectivity index (χ1n) is 12.3. The van der Waals surface area contributed by atoms with Gasteiger partial charge in [0.25, 0.3) is 7.12 Å². The average Bonchev–Trinajstić information content (AvgIpc) is 3.76. The number of benzene rings is 3. The van der Waals surface area contributed by atoms with Crippen molar-refractivity contribution in [3.05, 3.63) is 126 Å². The van der Waals surface area contributed by atoms with Gasteiger partial charge in [-0.3, -0.25) is 0 Å². The second-order valence-corrected chi connectivity index (χ2v) is 8.87. The zero-order valence-electron chi connectivity index (χ0n) is 21.0. The zero-order chi connectivity index (χ0) is 27.5. The van der Waals surface area contributed by atoms with Crippen LogP contribution in [0.3, 0.4) is 0 Å². The van der Waals surface area contributed by atoms with E-state index in [-0.39, 0.29) is 0 Å². The summed E-state index contributed by atoms with van der Waals surface area (Å²) < 4.78 is 4.81. The normalized spacial score (nSPS) is 10.7. The lowest BCUT2D eigenvalue weighted by Gasteiger charge is -2.31. The summed E-state index contributed by atoms with van der Waals surface area (Å²) in [6, 6.07) is 35.0. The fraction of sp³-hybridized carbons (Fsp3) is 0. The molecule has 0 fully saturated rings. The van der Waals surface area contributed by atoms with Gasteiger partial charge in [0.1, 0.15) is 29.6 Å². The molecular weight excluding hydrogens is 497 g/mol. The van der Waals surface area contributed by atoms with Crippen LogP contribution >= 0.6 is 0 Å². The van der Waals surface area contributed by atoms with Crippen molar-refractivity contribution in [2.45, 2.75) is 0 Å². The molecule has 9 nitrogen and oxygen atoms in total. The van der Waals surface area contributed by atoms with E-state index >= 15 is 0 Å². The van der Waals surface area contributed by atoms with Crippen LogP contribution in [0, 0.1) is 34.0 Å². The Morgan fingerprint density at radius 2 is 0.975 bits per heavy atom. The number of rotatable bonds is 6. The molecule has 187 valence electrons. The summed E-state index contributed by atoms with van der Waals surface area (Å²) in [5.74, 6) is 0. The standard InChI is InChI=1S/C30H18BN9/c32-16-25-19-35-40(30(25)24-14-8-3-9-15-24)31(38-20-26(17-33)28(36-38)22-10-4-1-5-11-22)39-21-27(18-34)29(37-39)23-12-6-2-7-13-23/h1-15,19-21H/q-1. The van der Waals surface area contributed by atoms with Gasteiger partial charge in [-0.25, -0.2) is 15.3 Å². The van der Waals surface area contributed by atoms with Gasteiger partial charge in [-0.1, -0.05) is 91.0 Å². The van der Waals surface area contributed by atoms with Crippen molar-refractivity contribution in [3.63, 3.8) is 0 Å². The van der Waals surface area contributed by atoms with E-state index in [1.807, 2.05) is 91.0 Å². The lowest BCUT2D eigenvalue weighted by Crippen LogP contribution is -2.43. The predicted octanol–water partition coefficient (Wildman–Crippen LogP) is 4.82. The van der Waals surface area contributed by atoms with E-state index in [1.165, 1.54) is 6.20 Å². The van der Waals surface area contributed by atoms with E-state index in [4.69, 9.17) is 10.2 Å². The lowest BCUT2D eigenvalue weighted by molar-refractivity contribution is 0.777. The number of nitrogens with zero attached hydrogens (tertiary/aromatic N) is 9. The van der Waals surface area contributed by atoms with Crippen LogP contribution < -0.4 is 0 Å². The number of hydrogen-bond donors (Lipinski definition) is 0. The number of hydrogen-bond acceptors (Lipinski definition) is 6. The third-order valence-corrected chi connectivity index (χ3v) is 6.45. The summed E-state index contributed by atoms with van der Waals surface area (Å²) in [5.41, 5.74) is 4.97. The first-order valence-corrected chi connectivity index (χ1v) is 12.3. The lowest BCUT2D eigenvalue weighted by atomic mass is 9.92. The van der Waals surface area contributed by atoms with E-state index in [9.17, 15) is 15.8 Å². The molecule has 0 aliphatic heterocycles. The van der Waals surface area contributed by atoms with E-state index in [0.717, 1.165) is 16.7 Å². The Hall–Kier alpha value is -6.18. The second kappa shape index (κ2) is 10.3. The highest BCUT2D eigenvalue weighted by Gasteiger charge is 2.22. The molecule has 0 unspecified atom stereocenters. The summed E-state index contributed by atoms with van der Waals surface area (Å²) in [7, 11) is -0.883. The highest BCUT2D eigenvalue weighted by Crippen LogP contribution is 2.27. The molecule has 3 aromatic carbocycles. The summed E-state index contributed by atoms with van der Waals surface area (Å²) in [4.78, 5) is 0. The molecule has 10 heteroatoms. The molecule has 1 radical (unpaired) electrons. The van der Waals surface area contributed by atoms with Gasteiger partial charge >= 0.3 is 0 Å². The third-order valence-electron chi connectivity index (χ3n) is 6.45. The maximum absolute atomic E-state index is 9.99. The van der Waals surface area contributed by atoms with Gasteiger partial charge in [0.2, 0.25) is 0 Å². The molecule has 0 N–H and O–H groups in total. The summed E-state index contributed by atoms with van der Waals surface area (Å²) in [6.07, 6.45) is 4.76. The molecule has 40 heavy (non-hydrogen) atoms. The smallest absolute Gasteiger partial charge is 0.261 e. The van der Waals surface area contributed by atoms with Crippen molar-refractivity contribution >= 4 is 7.12 Å². The van der Waals surface area contributed by atoms with Gasteiger partial charge in [0.15, 0.2) is 0 Å². The Labute approximate surface area is 230 Å². The van der Waals surface area contributed by atoms with Gasteiger partial charge in [0, 0.05) is 29.2 Å². The molecule has 0 atom stereocenters. The van der Waals surface area contributed by atoms with Crippen molar-refractivity contribution < 1.29 is 0 Å². The topological polar surface area (TPSA) is 125 Å². The predicted molar refractivity (Wildman–Crippen MR) is 149 cm³/mol. The molecule has 0 aliphatic rings. The fourth-order valence-electron chi connectivity index (χ4n) is 4.65. The van der Waals surface area contributed by atoms with E-state index in [1.54, 1.807) is 26.2 Å². The molecule has 3 heterocycles. The Morgan fingerprint density at radius 1 is 0.550 bits per heavy atom. The van der Waals surface area contributed by atoms with Crippen molar-refractivity contribution in [3.8, 4) is 52.0 Å². The Bertz CT molecular complexity index is 1840. The maximum atomic E-state index is 9.99. The van der Waals surface area contributed by atoms with Crippen LogP contribution in [0.15, 0.2) is 110 Å². The van der Waals surface area contributed by atoms with Crippen molar-refractivity contribution in [2.75, 3.05) is 0 Å². The van der Waals surface area contributed by atoms with Crippen molar-refractivity contribution in [1.82, 2.24) is 29.1 Å². The van der Waals surface area contributed by atoms with Gasteiger partial charge in [-0.05, 0) is 5.56 Å². The average molecular weight is 515 g/mol. The minimum atomic E-state index is -0.883. The largest absolute Gasteiger partial charge is 0.423 e. The van der Waals surface area contributed by atoms with E-state index in [0.29, 0.717) is 33.8 Å². The summed E-state index contributed by atoms with van der Waals surface area (Å²) in [5, 5.41) is 44.2. The second-order valence-electron chi connectivity index (χ2n) is 8.87. The van der Waals surface area contributed by atoms with Gasteiger partial charge < -0.3 is 13.8 Å². The maximum Gasteiger partial charge on any atom is 0.261 e. The summed E-state index contributed by atoms with van der Waals surface area (Å²) in [6.45, 7) is 0. The van der Waals surface area contributed by atoms with Crippen molar-refractivity contribution in [1.29, 1.82) is 15.8 Å². The van der Waals surface area contributed by atoms with Gasteiger partial charge in [-0.15, -0.1) is 0 Å². The first-order chi connectivity index (χ1) is 19.7. The minimum absolute atomic E-state index is 0.362. The van der Waals surface area contributed by atoms with Gasteiger partial charge in [0.05, 0.1) is 22.9 Å². The monoisotopic (exact) mass is 515 g/mol. The fourth-order valence-corrected chi connectivity index (χ4v) is 4.65. The van der Waals surface area contributed by atoms with Crippen LogP contribution in [0.4, 0.5) is 0 Å². The van der Waals surface area contributed by atoms with Crippen LogP contribution in [0.25, 0.3) is 33.8 Å². The van der Waals surface area contributed by atoms with Crippen LogP contribution in [0.1, 0.15) is 16.7 Å². The van der Waals surface area contributed by atoms with Crippen LogP contribution in [0.5, 0.6) is 0 Å². The third kappa shape index (κ3) is 4.20. The Balaban J connectivity index is 1.62. The first kappa shape index (κ1) is 24.2.